The fraction of sp³-hybridized carbons (Fsp3) is 0.125. The average molecular weight is 385 g/mol. The van der Waals surface area contributed by atoms with Crippen LogP contribution in [0.5, 0.6) is 5.75 Å². The predicted octanol–water partition coefficient (Wildman–Crippen LogP) is 6.05. The van der Waals surface area contributed by atoms with Crippen LogP contribution in [0.3, 0.4) is 0 Å². The molecule has 3 aromatic carbocycles. The molecule has 1 unspecified atom stereocenters. The molecule has 0 fully saturated rings. The van der Waals surface area contributed by atoms with E-state index < -0.39 is 0 Å². The Morgan fingerprint density at radius 2 is 1.79 bits per heavy atom. The van der Waals surface area contributed by atoms with Crippen molar-refractivity contribution in [3.8, 4) is 16.9 Å². The molecule has 0 saturated heterocycles. The normalized spacial score (nSPS) is 15.9. The molecule has 3 nitrogen and oxygen atoms in total. The minimum Gasteiger partial charge on any atom is -0.497 e. The molecule has 0 bridgehead atoms. The lowest BCUT2D eigenvalue weighted by atomic mass is 9.86. The zero-order valence-electron chi connectivity index (χ0n) is 15.4. The van der Waals surface area contributed by atoms with Crippen molar-refractivity contribution in [1.29, 1.82) is 0 Å². The average Bonchev–Trinajstić information content (AvgIpc) is 3.16. The van der Waals surface area contributed by atoms with Crippen molar-refractivity contribution in [2.24, 2.45) is 0 Å². The van der Waals surface area contributed by atoms with E-state index in [-0.39, 0.29) is 11.8 Å². The molecule has 5 rings (SSSR count). The van der Waals surface area contributed by atoms with E-state index in [4.69, 9.17) is 4.74 Å². The van der Waals surface area contributed by atoms with Gasteiger partial charge in [0, 0.05) is 28.2 Å². The first-order valence-corrected chi connectivity index (χ1v) is 10.2. The Kier molecular flexibility index (Phi) is 4.14. The van der Waals surface area contributed by atoms with E-state index in [1.54, 1.807) is 18.4 Å². The maximum absolute atomic E-state index is 12.6. The van der Waals surface area contributed by atoms with Gasteiger partial charge in [0.05, 0.1) is 12.8 Å². The molecule has 1 aliphatic heterocycles. The van der Waals surface area contributed by atoms with E-state index in [0.29, 0.717) is 6.42 Å². The molecule has 4 heteroatoms. The van der Waals surface area contributed by atoms with E-state index in [9.17, 15) is 4.79 Å². The Labute approximate surface area is 167 Å². The summed E-state index contributed by atoms with van der Waals surface area (Å²) in [5, 5.41) is 7.70. The van der Waals surface area contributed by atoms with Gasteiger partial charge in [-0.15, -0.1) is 11.3 Å². The molecular formula is C24H19NO2S. The van der Waals surface area contributed by atoms with Crippen LogP contribution in [0.1, 0.15) is 22.8 Å². The second-order valence-corrected chi connectivity index (χ2v) is 7.90. The van der Waals surface area contributed by atoms with Gasteiger partial charge in [-0.25, -0.2) is 0 Å². The maximum Gasteiger partial charge on any atom is 0.225 e. The largest absolute Gasteiger partial charge is 0.497 e. The fourth-order valence-electron chi connectivity index (χ4n) is 4.02. The van der Waals surface area contributed by atoms with E-state index in [1.165, 1.54) is 21.2 Å². The summed E-state index contributed by atoms with van der Waals surface area (Å²) in [7, 11) is 1.66. The first kappa shape index (κ1) is 17.0. The third-order valence-corrected chi connectivity index (χ3v) is 6.49. The molecule has 2 heterocycles. The summed E-state index contributed by atoms with van der Waals surface area (Å²) in [6.07, 6.45) is 0.476. The number of benzene rings is 3. The number of fused-ring (bicyclic) bond motifs is 2. The number of thiophene rings is 1. The van der Waals surface area contributed by atoms with Gasteiger partial charge in [0.2, 0.25) is 5.91 Å². The number of anilines is 1. The number of nitrogens with one attached hydrogen (secondary N) is 1. The van der Waals surface area contributed by atoms with Crippen molar-refractivity contribution in [3.05, 3.63) is 82.6 Å². The lowest BCUT2D eigenvalue weighted by molar-refractivity contribution is -0.116. The summed E-state index contributed by atoms with van der Waals surface area (Å²) in [5.41, 5.74) is 4.32. The molecule has 4 aromatic rings. The number of carbonyl (C=O) groups is 1. The standard InChI is InChI=1S/C24H19NO2S/c1-27-17-11-9-16(10-12-17)21-14-28-24-20(13-22(26)25-23(21)24)19-8-4-6-15-5-2-3-7-18(15)19/h2-12,14,20H,13H2,1H3,(H,25,26). The van der Waals surface area contributed by atoms with Crippen molar-refractivity contribution < 1.29 is 9.53 Å². The molecule has 1 N–H and O–H groups in total. The molecule has 0 spiro atoms. The van der Waals surface area contributed by atoms with Crippen molar-refractivity contribution in [2.45, 2.75) is 12.3 Å². The maximum atomic E-state index is 12.6. The Morgan fingerprint density at radius 1 is 1.00 bits per heavy atom. The van der Waals surface area contributed by atoms with E-state index in [2.05, 4.69) is 53.2 Å². The monoisotopic (exact) mass is 385 g/mol. The van der Waals surface area contributed by atoms with Crippen LogP contribution in [-0.4, -0.2) is 13.0 Å². The molecule has 28 heavy (non-hydrogen) atoms. The molecule has 138 valence electrons. The highest BCUT2D eigenvalue weighted by Crippen LogP contribution is 2.47. The van der Waals surface area contributed by atoms with Gasteiger partial charge in [-0.1, -0.05) is 54.6 Å². The summed E-state index contributed by atoms with van der Waals surface area (Å²) in [6, 6.07) is 22.7. The van der Waals surface area contributed by atoms with Crippen molar-refractivity contribution in [3.63, 3.8) is 0 Å². The Bertz CT molecular complexity index is 1170. The molecule has 0 aliphatic carbocycles. The van der Waals surface area contributed by atoms with Crippen LogP contribution in [0, 0.1) is 0 Å². The topological polar surface area (TPSA) is 38.3 Å². The van der Waals surface area contributed by atoms with Crippen LogP contribution in [0.2, 0.25) is 0 Å². The highest BCUT2D eigenvalue weighted by Gasteiger charge is 2.31. The van der Waals surface area contributed by atoms with E-state index in [1.807, 2.05) is 24.3 Å². The van der Waals surface area contributed by atoms with Crippen LogP contribution in [0.25, 0.3) is 21.9 Å². The third kappa shape index (κ3) is 2.77. The number of ether oxygens (including phenoxy) is 1. The Morgan fingerprint density at radius 3 is 2.61 bits per heavy atom. The molecule has 1 amide bonds. The molecule has 0 saturated carbocycles. The van der Waals surface area contributed by atoms with Crippen molar-refractivity contribution >= 4 is 33.7 Å². The van der Waals surface area contributed by atoms with Crippen LogP contribution in [0.4, 0.5) is 5.69 Å². The Balaban J connectivity index is 1.64. The SMILES string of the molecule is COc1ccc(-c2csc3c2NC(=O)CC3c2cccc3ccccc23)cc1. The lowest BCUT2D eigenvalue weighted by Crippen LogP contribution is -2.22. The molecule has 0 radical (unpaired) electrons. The van der Waals surface area contributed by atoms with Gasteiger partial charge in [0.15, 0.2) is 0 Å². The number of methoxy groups -OCH3 is 1. The van der Waals surface area contributed by atoms with Gasteiger partial charge in [0.1, 0.15) is 5.75 Å². The van der Waals surface area contributed by atoms with Gasteiger partial charge in [0.25, 0.3) is 0 Å². The number of hydrogen-bond donors (Lipinski definition) is 1. The minimum atomic E-state index is 0.0681. The second kappa shape index (κ2) is 6.80. The summed E-state index contributed by atoms with van der Waals surface area (Å²) in [6.45, 7) is 0. The van der Waals surface area contributed by atoms with Gasteiger partial charge >= 0.3 is 0 Å². The van der Waals surface area contributed by atoms with Crippen LogP contribution < -0.4 is 10.1 Å². The van der Waals surface area contributed by atoms with E-state index >= 15 is 0 Å². The fourth-order valence-corrected chi connectivity index (χ4v) is 5.17. The zero-order valence-corrected chi connectivity index (χ0v) is 16.3. The van der Waals surface area contributed by atoms with Crippen molar-refractivity contribution in [2.75, 3.05) is 12.4 Å². The molecule has 1 aromatic heterocycles. The zero-order chi connectivity index (χ0) is 19.1. The summed E-state index contributed by atoms with van der Waals surface area (Å²) < 4.78 is 5.26. The number of rotatable bonds is 3. The quantitative estimate of drug-likeness (QED) is 0.466. The predicted molar refractivity (Wildman–Crippen MR) is 115 cm³/mol. The molecular weight excluding hydrogens is 366 g/mol. The third-order valence-electron chi connectivity index (χ3n) is 5.39. The number of hydrogen-bond acceptors (Lipinski definition) is 3. The summed E-state index contributed by atoms with van der Waals surface area (Å²) >= 11 is 1.72. The number of carbonyl (C=O) groups excluding carboxylic acids is 1. The summed E-state index contributed by atoms with van der Waals surface area (Å²) in [5.74, 6) is 0.968. The number of amides is 1. The summed E-state index contributed by atoms with van der Waals surface area (Å²) in [4.78, 5) is 13.8. The van der Waals surface area contributed by atoms with Crippen LogP contribution in [0.15, 0.2) is 72.1 Å². The lowest BCUT2D eigenvalue weighted by Gasteiger charge is -2.25. The van der Waals surface area contributed by atoms with Gasteiger partial charge in [-0.3, -0.25) is 4.79 Å². The van der Waals surface area contributed by atoms with Crippen molar-refractivity contribution in [1.82, 2.24) is 0 Å². The highest BCUT2D eigenvalue weighted by atomic mass is 32.1. The first-order chi connectivity index (χ1) is 13.7. The van der Waals surface area contributed by atoms with Gasteiger partial charge in [-0.2, -0.15) is 0 Å². The van der Waals surface area contributed by atoms with E-state index in [0.717, 1.165) is 22.6 Å². The van der Waals surface area contributed by atoms with Gasteiger partial charge in [-0.05, 0) is 34.0 Å². The molecule has 1 atom stereocenters. The highest BCUT2D eigenvalue weighted by molar-refractivity contribution is 7.11. The first-order valence-electron chi connectivity index (χ1n) is 9.28. The Hall–Kier alpha value is -3.11. The molecule has 1 aliphatic rings. The second-order valence-electron chi connectivity index (χ2n) is 6.99. The van der Waals surface area contributed by atoms with Crippen LogP contribution >= 0.6 is 11.3 Å². The van der Waals surface area contributed by atoms with Crippen LogP contribution in [-0.2, 0) is 4.79 Å². The van der Waals surface area contributed by atoms with Gasteiger partial charge < -0.3 is 10.1 Å². The minimum absolute atomic E-state index is 0.0681. The smallest absolute Gasteiger partial charge is 0.225 e.